The quantitative estimate of drug-likeness (QED) is 0.827. The summed E-state index contributed by atoms with van der Waals surface area (Å²) in [5.74, 6) is 0. The molecule has 0 amide bonds. The van der Waals surface area contributed by atoms with E-state index in [1.807, 2.05) is 7.05 Å². The normalized spacial score (nSPS) is 11.1. The molecule has 1 N–H and O–H groups in total. The Morgan fingerprint density at radius 3 is 2.87 bits per heavy atom. The van der Waals surface area contributed by atoms with Gasteiger partial charge in [0, 0.05) is 18.5 Å². The fraction of sp³-hybridized carbons (Fsp3) is 0.417. The van der Waals surface area contributed by atoms with Gasteiger partial charge in [0.05, 0.1) is 11.2 Å². The average Bonchev–Trinajstić information content (AvgIpc) is 2.56. The van der Waals surface area contributed by atoms with Crippen LogP contribution in [0.1, 0.15) is 18.2 Å². The van der Waals surface area contributed by atoms with Gasteiger partial charge >= 0.3 is 0 Å². The molecule has 1 heterocycles. The van der Waals surface area contributed by atoms with Crippen molar-refractivity contribution in [3.63, 3.8) is 0 Å². The number of nitrogens with one attached hydrogen (secondary N) is 1. The number of fused-ring (bicyclic) bond motifs is 1. The van der Waals surface area contributed by atoms with Crippen LogP contribution in [0.5, 0.6) is 0 Å². The maximum absolute atomic E-state index is 4.51. The van der Waals surface area contributed by atoms with Gasteiger partial charge in [0.2, 0.25) is 0 Å². The van der Waals surface area contributed by atoms with Gasteiger partial charge in [-0.2, -0.15) is 5.10 Å². The minimum Gasteiger partial charge on any atom is -0.316 e. The molecule has 0 spiro atoms. The molecule has 0 aliphatic carbocycles. The van der Waals surface area contributed by atoms with E-state index in [0.29, 0.717) is 0 Å². The third-order valence-corrected chi connectivity index (χ3v) is 2.68. The maximum atomic E-state index is 4.51. The van der Waals surface area contributed by atoms with Crippen molar-refractivity contribution in [1.82, 2.24) is 15.1 Å². The Kier molecular flexibility index (Phi) is 2.73. The summed E-state index contributed by atoms with van der Waals surface area (Å²) in [6.45, 7) is 6.01. The smallest absolute Gasteiger partial charge is 0.0688 e. The van der Waals surface area contributed by atoms with Gasteiger partial charge in [-0.15, -0.1) is 0 Å². The zero-order valence-corrected chi connectivity index (χ0v) is 9.54. The van der Waals surface area contributed by atoms with E-state index in [2.05, 4.69) is 47.1 Å². The van der Waals surface area contributed by atoms with Crippen LogP contribution in [0.25, 0.3) is 10.9 Å². The van der Waals surface area contributed by atoms with Crippen molar-refractivity contribution in [1.29, 1.82) is 0 Å². The fourth-order valence-corrected chi connectivity index (χ4v) is 1.94. The van der Waals surface area contributed by atoms with Crippen LogP contribution < -0.4 is 5.32 Å². The predicted octanol–water partition coefficient (Wildman–Crippen LogP) is 2.08. The second-order valence-corrected chi connectivity index (χ2v) is 3.78. The highest BCUT2D eigenvalue weighted by Gasteiger charge is 2.06. The molecule has 0 radical (unpaired) electrons. The van der Waals surface area contributed by atoms with E-state index >= 15 is 0 Å². The molecular formula is C12H17N3. The highest BCUT2D eigenvalue weighted by molar-refractivity contribution is 5.82. The lowest BCUT2D eigenvalue weighted by molar-refractivity contribution is 0.675. The second kappa shape index (κ2) is 4.03. The van der Waals surface area contributed by atoms with Crippen molar-refractivity contribution >= 4 is 10.9 Å². The standard InChI is InChI=1S/C12H17N3/c1-4-15-12-7-10(8-13-3)5-6-11(12)9(2)14-15/h5-7,13H,4,8H2,1-3H3. The molecule has 0 saturated carbocycles. The third-order valence-electron chi connectivity index (χ3n) is 2.68. The van der Waals surface area contributed by atoms with E-state index in [9.17, 15) is 0 Å². The topological polar surface area (TPSA) is 29.9 Å². The van der Waals surface area contributed by atoms with Crippen LogP contribution in [0.3, 0.4) is 0 Å². The van der Waals surface area contributed by atoms with Gasteiger partial charge < -0.3 is 5.32 Å². The lowest BCUT2D eigenvalue weighted by atomic mass is 10.1. The maximum Gasteiger partial charge on any atom is 0.0688 e. The monoisotopic (exact) mass is 203 g/mol. The molecule has 0 bridgehead atoms. The first-order valence-corrected chi connectivity index (χ1v) is 5.37. The molecule has 3 heteroatoms. The van der Waals surface area contributed by atoms with E-state index in [4.69, 9.17) is 0 Å². The molecule has 0 aliphatic heterocycles. The van der Waals surface area contributed by atoms with Crippen LogP contribution in [-0.2, 0) is 13.1 Å². The Bertz CT molecular complexity index is 471. The Morgan fingerprint density at radius 1 is 1.40 bits per heavy atom. The molecule has 0 aliphatic rings. The Labute approximate surface area is 90.1 Å². The van der Waals surface area contributed by atoms with Gasteiger partial charge in [0.15, 0.2) is 0 Å². The van der Waals surface area contributed by atoms with E-state index < -0.39 is 0 Å². The van der Waals surface area contributed by atoms with Crippen LogP contribution in [0.4, 0.5) is 0 Å². The number of nitrogens with zero attached hydrogens (tertiary/aromatic N) is 2. The van der Waals surface area contributed by atoms with Crippen LogP contribution in [0.2, 0.25) is 0 Å². The van der Waals surface area contributed by atoms with Crippen molar-refractivity contribution in [3.05, 3.63) is 29.5 Å². The lowest BCUT2D eigenvalue weighted by Gasteiger charge is -2.02. The molecule has 0 fully saturated rings. The number of rotatable bonds is 3. The van der Waals surface area contributed by atoms with E-state index in [0.717, 1.165) is 18.8 Å². The Morgan fingerprint density at radius 2 is 2.20 bits per heavy atom. The minimum atomic E-state index is 0.907. The first kappa shape index (κ1) is 10.2. The van der Waals surface area contributed by atoms with Gasteiger partial charge in [0.25, 0.3) is 0 Å². The average molecular weight is 203 g/mol. The largest absolute Gasteiger partial charge is 0.316 e. The van der Waals surface area contributed by atoms with Gasteiger partial charge in [0.1, 0.15) is 0 Å². The van der Waals surface area contributed by atoms with Gasteiger partial charge in [-0.25, -0.2) is 0 Å². The SMILES string of the molecule is CCn1nc(C)c2ccc(CNC)cc21. The highest BCUT2D eigenvalue weighted by Crippen LogP contribution is 2.19. The van der Waals surface area contributed by atoms with E-state index in [1.54, 1.807) is 0 Å². The van der Waals surface area contributed by atoms with Crippen LogP contribution >= 0.6 is 0 Å². The molecular weight excluding hydrogens is 186 g/mol. The van der Waals surface area contributed by atoms with Gasteiger partial charge in [-0.3, -0.25) is 4.68 Å². The van der Waals surface area contributed by atoms with E-state index in [1.165, 1.54) is 16.5 Å². The first-order chi connectivity index (χ1) is 7.26. The first-order valence-electron chi connectivity index (χ1n) is 5.37. The zero-order chi connectivity index (χ0) is 10.8. The van der Waals surface area contributed by atoms with Gasteiger partial charge in [-0.05, 0) is 32.5 Å². The molecule has 1 aromatic heterocycles. The van der Waals surface area contributed by atoms with Crippen LogP contribution in [-0.4, -0.2) is 16.8 Å². The summed E-state index contributed by atoms with van der Waals surface area (Å²) in [4.78, 5) is 0. The van der Waals surface area contributed by atoms with Crippen LogP contribution in [0.15, 0.2) is 18.2 Å². The number of benzene rings is 1. The highest BCUT2D eigenvalue weighted by atomic mass is 15.3. The summed E-state index contributed by atoms with van der Waals surface area (Å²) in [5, 5.41) is 8.93. The molecule has 80 valence electrons. The minimum absolute atomic E-state index is 0.907. The summed E-state index contributed by atoms with van der Waals surface area (Å²) in [6, 6.07) is 6.54. The summed E-state index contributed by atoms with van der Waals surface area (Å²) in [7, 11) is 1.96. The van der Waals surface area contributed by atoms with Gasteiger partial charge in [-0.1, -0.05) is 12.1 Å². The molecule has 0 unspecified atom stereocenters. The van der Waals surface area contributed by atoms with E-state index in [-0.39, 0.29) is 0 Å². The van der Waals surface area contributed by atoms with Crippen molar-refractivity contribution in [2.45, 2.75) is 26.9 Å². The van der Waals surface area contributed by atoms with Crippen LogP contribution in [0, 0.1) is 6.92 Å². The number of hydrogen-bond acceptors (Lipinski definition) is 2. The summed E-state index contributed by atoms with van der Waals surface area (Å²) >= 11 is 0. The molecule has 2 aromatic rings. The Balaban J connectivity index is 2.58. The van der Waals surface area contributed by atoms with Crippen molar-refractivity contribution in [2.24, 2.45) is 0 Å². The number of aromatic nitrogens is 2. The molecule has 0 atom stereocenters. The fourth-order valence-electron chi connectivity index (χ4n) is 1.94. The lowest BCUT2D eigenvalue weighted by Crippen LogP contribution is -2.05. The second-order valence-electron chi connectivity index (χ2n) is 3.78. The summed E-state index contributed by atoms with van der Waals surface area (Å²) < 4.78 is 2.06. The van der Waals surface area contributed by atoms with Crippen molar-refractivity contribution in [3.8, 4) is 0 Å². The van der Waals surface area contributed by atoms with Crippen molar-refractivity contribution in [2.75, 3.05) is 7.05 Å². The number of hydrogen-bond donors (Lipinski definition) is 1. The summed E-state index contributed by atoms with van der Waals surface area (Å²) in [5.41, 5.74) is 3.66. The zero-order valence-electron chi connectivity index (χ0n) is 9.54. The Hall–Kier alpha value is -1.35. The third kappa shape index (κ3) is 1.75. The number of aryl methyl sites for hydroxylation is 2. The summed E-state index contributed by atoms with van der Waals surface area (Å²) in [6.07, 6.45) is 0. The molecule has 0 saturated heterocycles. The molecule has 1 aromatic carbocycles. The molecule has 3 nitrogen and oxygen atoms in total. The van der Waals surface area contributed by atoms with Crippen molar-refractivity contribution < 1.29 is 0 Å². The molecule has 2 rings (SSSR count). The predicted molar refractivity (Wildman–Crippen MR) is 62.9 cm³/mol. The molecule has 15 heavy (non-hydrogen) atoms.